The monoisotopic (exact) mass is 341 g/mol. The molecule has 3 aromatic heterocycles. The van der Waals surface area contributed by atoms with Gasteiger partial charge in [0.1, 0.15) is 10.8 Å². The molecule has 0 aliphatic heterocycles. The Morgan fingerprint density at radius 3 is 2.76 bits per heavy atom. The van der Waals surface area contributed by atoms with Crippen molar-refractivity contribution in [3.05, 3.63) is 40.3 Å². The van der Waals surface area contributed by atoms with Crippen molar-refractivity contribution in [2.75, 3.05) is 0 Å². The molecule has 0 bridgehead atoms. The topological polar surface area (TPSA) is 86.0 Å². The molecule has 3 rings (SSSR count). The van der Waals surface area contributed by atoms with E-state index in [0.717, 1.165) is 9.88 Å². The summed E-state index contributed by atoms with van der Waals surface area (Å²) in [7, 11) is -3.37. The van der Waals surface area contributed by atoms with Crippen LogP contribution in [0.1, 0.15) is 17.4 Å². The van der Waals surface area contributed by atoms with Crippen molar-refractivity contribution in [2.24, 2.45) is 0 Å². The number of thiazole rings is 1. The molecule has 110 valence electrons. The van der Waals surface area contributed by atoms with E-state index in [9.17, 15) is 8.42 Å². The number of thiophene rings is 1. The summed E-state index contributed by atoms with van der Waals surface area (Å²) >= 11 is 3.02. The summed E-state index contributed by atoms with van der Waals surface area (Å²) in [6.45, 7) is 1.62. The Labute approximate surface area is 129 Å². The number of hydrogen-bond acceptors (Lipinski definition) is 8. The van der Waals surface area contributed by atoms with Crippen molar-refractivity contribution in [2.45, 2.75) is 18.4 Å². The van der Waals surface area contributed by atoms with Crippen LogP contribution in [0.4, 0.5) is 0 Å². The van der Waals surface area contributed by atoms with E-state index in [2.05, 4.69) is 15.1 Å². The van der Waals surface area contributed by atoms with E-state index in [-0.39, 0.29) is 17.3 Å². The van der Waals surface area contributed by atoms with E-state index >= 15 is 0 Å². The zero-order chi connectivity index (χ0) is 14.9. The zero-order valence-corrected chi connectivity index (χ0v) is 13.5. The minimum absolute atomic E-state index is 0.123. The Morgan fingerprint density at radius 2 is 2.10 bits per heavy atom. The number of nitrogens with zero attached hydrogens (tertiary/aromatic N) is 3. The highest BCUT2D eigenvalue weighted by molar-refractivity contribution is 7.89. The minimum atomic E-state index is -3.37. The van der Waals surface area contributed by atoms with E-state index in [4.69, 9.17) is 4.52 Å². The molecule has 3 aromatic rings. The van der Waals surface area contributed by atoms with Gasteiger partial charge in [0, 0.05) is 12.3 Å². The smallest absolute Gasteiger partial charge is 0.223 e. The molecule has 0 unspecified atom stereocenters. The summed E-state index contributed by atoms with van der Waals surface area (Å²) < 4.78 is 29.0. The Bertz CT molecular complexity index is 834. The molecule has 0 spiro atoms. The lowest BCUT2D eigenvalue weighted by atomic mass is 10.5. The highest BCUT2D eigenvalue weighted by Crippen LogP contribution is 2.28. The first-order chi connectivity index (χ1) is 10.0. The van der Waals surface area contributed by atoms with Gasteiger partial charge in [0.2, 0.25) is 5.89 Å². The standard InChI is InChI=1S/C12H11N3O3S3/c1-8-13-11(15-18-8)7-21(16,17)6-9-5-20-12(14-9)10-3-2-4-19-10/h2-5H,6-7H2,1H3. The van der Waals surface area contributed by atoms with E-state index in [1.165, 1.54) is 11.3 Å². The van der Waals surface area contributed by atoms with E-state index in [1.807, 2.05) is 17.5 Å². The molecule has 0 fully saturated rings. The maximum atomic E-state index is 12.1. The van der Waals surface area contributed by atoms with Gasteiger partial charge in [-0.3, -0.25) is 0 Å². The Morgan fingerprint density at radius 1 is 1.24 bits per heavy atom. The summed E-state index contributed by atoms with van der Waals surface area (Å²) in [5.41, 5.74) is 0.545. The second-order valence-corrected chi connectivity index (χ2v) is 8.25. The third kappa shape index (κ3) is 3.55. The van der Waals surface area contributed by atoms with Crippen LogP contribution in [0.2, 0.25) is 0 Å². The average Bonchev–Trinajstić information content (AvgIpc) is 3.09. The second kappa shape index (κ2) is 5.66. The van der Waals surface area contributed by atoms with E-state index in [1.54, 1.807) is 23.6 Å². The minimum Gasteiger partial charge on any atom is -0.340 e. The molecule has 0 radical (unpaired) electrons. The van der Waals surface area contributed by atoms with Crippen molar-refractivity contribution >= 4 is 32.5 Å². The first-order valence-electron chi connectivity index (χ1n) is 6.00. The van der Waals surface area contributed by atoms with E-state index in [0.29, 0.717) is 11.6 Å². The first-order valence-corrected chi connectivity index (χ1v) is 9.58. The predicted molar refractivity (Wildman–Crippen MR) is 80.8 cm³/mol. The van der Waals surface area contributed by atoms with Gasteiger partial charge in [-0.15, -0.1) is 22.7 Å². The highest BCUT2D eigenvalue weighted by Gasteiger charge is 2.19. The van der Waals surface area contributed by atoms with Crippen LogP contribution in [-0.4, -0.2) is 23.5 Å². The summed E-state index contributed by atoms with van der Waals surface area (Å²) in [5.74, 6) is 0.175. The Hall–Kier alpha value is -1.58. The lowest BCUT2D eigenvalue weighted by molar-refractivity contribution is 0.388. The molecule has 0 atom stereocenters. The normalized spacial score (nSPS) is 11.9. The molecule has 0 aliphatic rings. The van der Waals surface area contributed by atoms with Crippen molar-refractivity contribution in [1.29, 1.82) is 0 Å². The first kappa shape index (κ1) is 14.4. The third-order valence-corrected chi connectivity index (χ3v) is 5.93. The number of sulfone groups is 1. The fourth-order valence-electron chi connectivity index (χ4n) is 1.76. The van der Waals surface area contributed by atoms with Gasteiger partial charge in [-0.25, -0.2) is 13.4 Å². The molecule has 0 saturated heterocycles. The second-order valence-electron chi connectivity index (χ2n) is 4.38. The van der Waals surface area contributed by atoms with Gasteiger partial charge in [-0.05, 0) is 11.4 Å². The van der Waals surface area contributed by atoms with Gasteiger partial charge in [0.15, 0.2) is 15.7 Å². The molecule has 0 aromatic carbocycles. The predicted octanol–water partition coefficient (Wildman–Crippen LogP) is 2.68. The average molecular weight is 341 g/mol. The number of hydrogen-bond donors (Lipinski definition) is 0. The van der Waals surface area contributed by atoms with Crippen molar-refractivity contribution in [3.8, 4) is 9.88 Å². The van der Waals surface area contributed by atoms with Gasteiger partial charge in [-0.1, -0.05) is 11.2 Å². The number of aryl methyl sites for hydroxylation is 1. The summed E-state index contributed by atoms with van der Waals surface area (Å²) in [4.78, 5) is 9.32. The number of rotatable bonds is 5. The third-order valence-electron chi connectivity index (χ3n) is 2.57. The largest absolute Gasteiger partial charge is 0.340 e. The quantitative estimate of drug-likeness (QED) is 0.709. The molecule has 0 amide bonds. The van der Waals surface area contributed by atoms with Crippen LogP contribution in [0.15, 0.2) is 27.4 Å². The van der Waals surface area contributed by atoms with Crippen LogP contribution in [0.5, 0.6) is 0 Å². The van der Waals surface area contributed by atoms with Gasteiger partial charge >= 0.3 is 0 Å². The van der Waals surface area contributed by atoms with Crippen LogP contribution in [0.3, 0.4) is 0 Å². The van der Waals surface area contributed by atoms with Crippen molar-refractivity contribution in [3.63, 3.8) is 0 Å². The van der Waals surface area contributed by atoms with Gasteiger partial charge in [-0.2, -0.15) is 4.98 Å². The molecule has 9 heteroatoms. The lowest BCUT2D eigenvalue weighted by Crippen LogP contribution is -2.09. The van der Waals surface area contributed by atoms with Gasteiger partial charge in [0.05, 0.1) is 16.3 Å². The van der Waals surface area contributed by atoms with Crippen LogP contribution in [0.25, 0.3) is 9.88 Å². The van der Waals surface area contributed by atoms with E-state index < -0.39 is 9.84 Å². The molecule has 3 heterocycles. The lowest BCUT2D eigenvalue weighted by Gasteiger charge is -1.98. The fraction of sp³-hybridized carbons (Fsp3) is 0.250. The van der Waals surface area contributed by atoms with Crippen LogP contribution in [-0.2, 0) is 21.3 Å². The zero-order valence-electron chi connectivity index (χ0n) is 11.0. The fourth-order valence-corrected chi connectivity index (χ4v) is 4.71. The molecular weight excluding hydrogens is 330 g/mol. The van der Waals surface area contributed by atoms with Crippen LogP contribution >= 0.6 is 22.7 Å². The maximum absolute atomic E-state index is 12.1. The molecule has 21 heavy (non-hydrogen) atoms. The van der Waals surface area contributed by atoms with Crippen LogP contribution < -0.4 is 0 Å². The number of aromatic nitrogens is 3. The summed E-state index contributed by atoms with van der Waals surface area (Å²) in [6, 6.07) is 3.90. The Kier molecular flexibility index (Phi) is 3.87. The van der Waals surface area contributed by atoms with Crippen LogP contribution in [0, 0.1) is 6.92 Å². The molecular formula is C12H11N3O3S3. The molecule has 0 aliphatic carbocycles. The van der Waals surface area contributed by atoms with Crippen molar-refractivity contribution in [1.82, 2.24) is 15.1 Å². The summed E-state index contributed by atoms with van der Waals surface area (Å²) in [6.07, 6.45) is 0. The Balaban J connectivity index is 1.73. The maximum Gasteiger partial charge on any atom is 0.223 e. The van der Waals surface area contributed by atoms with Gasteiger partial charge in [0.25, 0.3) is 0 Å². The summed E-state index contributed by atoms with van der Waals surface area (Å²) in [5, 5.41) is 8.18. The highest BCUT2D eigenvalue weighted by atomic mass is 32.2. The SMILES string of the molecule is Cc1nc(CS(=O)(=O)Cc2csc(-c3cccs3)n2)no1. The molecule has 0 N–H and O–H groups in total. The molecule has 0 saturated carbocycles. The molecule has 6 nitrogen and oxygen atoms in total. The van der Waals surface area contributed by atoms with Crippen molar-refractivity contribution < 1.29 is 12.9 Å². The van der Waals surface area contributed by atoms with Gasteiger partial charge < -0.3 is 4.52 Å².